The van der Waals surface area contributed by atoms with Gasteiger partial charge in [0.2, 0.25) is 0 Å². The zero-order valence-electron chi connectivity index (χ0n) is 4.60. The molecular weight excluding hydrogens is 185 g/mol. The summed E-state index contributed by atoms with van der Waals surface area (Å²) in [6.45, 7) is 0. The molecule has 0 fully saturated rings. The second-order valence-electron chi connectivity index (χ2n) is 0. The first-order chi connectivity index (χ1) is 0. The van der Waals surface area contributed by atoms with E-state index < -0.39 is 0 Å². The molecule has 0 rings (SSSR count). The molecule has 7 heteroatoms. The maximum absolute atomic E-state index is 0. The summed E-state index contributed by atoms with van der Waals surface area (Å²) in [6, 6.07) is 0. The van der Waals surface area contributed by atoms with Gasteiger partial charge >= 0.3 is 0 Å². The third-order valence-corrected chi connectivity index (χ3v) is 0. The summed E-state index contributed by atoms with van der Waals surface area (Å²) in [6.07, 6.45) is 0. The fourth-order valence-electron chi connectivity index (χ4n) is 0. The third-order valence-electron chi connectivity index (χ3n) is 0. The summed E-state index contributed by atoms with van der Waals surface area (Å²) in [5.74, 6) is 0. The summed E-state index contributed by atoms with van der Waals surface area (Å²) >= 11 is 0. The van der Waals surface area contributed by atoms with Gasteiger partial charge in [0, 0.05) is 19.5 Å². The van der Waals surface area contributed by atoms with Gasteiger partial charge in [-0.3, -0.25) is 0 Å². The van der Waals surface area contributed by atoms with Crippen LogP contribution in [0.2, 0.25) is 0 Å². The van der Waals surface area contributed by atoms with Crippen LogP contribution in [0.4, 0.5) is 0 Å². The van der Waals surface area contributed by atoms with Gasteiger partial charge in [0.15, 0.2) is 0 Å². The van der Waals surface area contributed by atoms with Gasteiger partial charge in [-0.25, -0.2) is 0 Å². The Kier molecular flexibility index (Phi) is 368000. The molecule has 0 heterocycles. The van der Waals surface area contributed by atoms with Gasteiger partial charge in [-0.1, -0.05) is 0 Å². The first kappa shape index (κ1) is 2050. The molecule has 0 atom stereocenters. The van der Waals surface area contributed by atoms with Crippen LogP contribution in [0.3, 0.4) is 0 Å². The molecule has 0 aromatic carbocycles. The molecule has 56 valence electrons. The van der Waals surface area contributed by atoms with Crippen molar-refractivity contribution in [2.75, 3.05) is 0 Å². The SMILES string of the molecule is N.N.N.N.N.N.[Ru]. The topological polar surface area (TPSA) is 210 Å². The average Bonchev–Trinajstić information content (AvgIpc) is 0. The second-order valence-corrected chi connectivity index (χ2v) is 0. The van der Waals surface area contributed by atoms with Crippen LogP contribution >= 0.6 is 0 Å². The number of hydrogen-bond acceptors (Lipinski definition) is 6. The van der Waals surface area contributed by atoms with E-state index in [0.29, 0.717) is 0 Å². The first-order valence-electron chi connectivity index (χ1n) is 0. The molecule has 0 saturated heterocycles. The number of hydrogen-bond donors (Lipinski definition) is 6. The van der Waals surface area contributed by atoms with E-state index in [-0.39, 0.29) is 56.4 Å². The molecule has 0 radical (unpaired) electrons. The van der Waals surface area contributed by atoms with E-state index in [2.05, 4.69) is 0 Å². The third kappa shape index (κ3) is 834. The normalized spacial score (nSPS) is 0. The van der Waals surface area contributed by atoms with Crippen molar-refractivity contribution in [2.45, 2.75) is 0 Å². The van der Waals surface area contributed by atoms with Crippen LogP contribution in [0.25, 0.3) is 0 Å². The molecule has 0 aliphatic carbocycles. The maximum atomic E-state index is 0. The summed E-state index contributed by atoms with van der Waals surface area (Å²) in [7, 11) is 0. The zero-order chi connectivity index (χ0) is 0. The van der Waals surface area contributed by atoms with Crippen molar-refractivity contribution >= 4 is 0 Å². The fourth-order valence-corrected chi connectivity index (χ4v) is 0. The Hall–Kier alpha value is 0.383. The van der Waals surface area contributed by atoms with Gasteiger partial charge in [0.05, 0.1) is 0 Å². The predicted octanol–water partition coefficient (Wildman–Crippen LogP) is 0.969. The van der Waals surface area contributed by atoms with Gasteiger partial charge in [-0.2, -0.15) is 0 Å². The molecule has 0 unspecified atom stereocenters. The number of rotatable bonds is 0. The molecular formula is H18N6Ru. The van der Waals surface area contributed by atoms with Crippen LogP contribution in [0.5, 0.6) is 0 Å². The van der Waals surface area contributed by atoms with Crippen LogP contribution in [0, 0.1) is 0 Å². The summed E-state index contributed by atoms with van der Waals surface area (Å²) in [4.78, 5) is 0. The van der Waals surface area contributed by atoms with Gasteiger partial charge in [-0.05, 0) is 0 Å². The van der Waals surface area contributed by atoms with Crippen molar-refractivity contribution in [2.24, 2.45) is 0 Å². The fraction of sp³-hybridized carbons (Fsp3) is 0. The molecule has 0 aliphatic rings. The van der Waals surface area contributed by atoms with E-state index in [4.69, 9.17) is 0 Å². The Labute approximate surface area is 57.1 Å². The molecule has 18 N–H and O–H groups in total. The van der Waals surface area contributed by atoms with Crippen molar-refractivity contribution in [3.05, 3.63) is 0 Å². The van der Waals surface area contributed by atoms with Crippen LogP contribution < -0.4 is 36.9 Å². The minimum absolute atomic E-state index is 0. The van der Waals surface area contributed by atoms with Crippen molar-refractivity contribution < 1.29 is 19.5 Å². The second kappa shape index (κ2) is 1260. The van der Waals surface area contributed by atoms with Gasteiger partial charge in [0.25, 0.3) is 0 Å². The van der Waals surface area contributed by atoms with Crippen molar-refractivity contribution in [1.29, 1.82) is 0 Å². The molecule has 0 bridgehead atoms. The Morgan fingerprint density at radius 2 is 0.286 bits per heavy atom. The summed E-state index contributed by atoms with van der Waals surface area (Å²) in [5, 5.41) is 0. The maximum Gasteiger partial charge on any atom is 0 e. The quantitative estimate of drug-likeness (QED) is 0.315. The van der Waals surface area contributed by atoms with E-state index in [1.165, 1.54) is 0 Å². The van der Waals surface area contributed by atoms with Crippen molar-refractivity contribution in [3.8, 4) is 0 Å². The first-order valence-corrected chi connectivity index (χ1v) is 0. The van der Waals surface area contributed by atoms with Gasteiger partial charge in [-0.15, -0.1) is 0 Å². The Bertz CT molecular complexity index is 4.14. The van der Waals surface area contributed by atoms with Crippen LogP contribution in [-0.4, -0.2) is 0 Å². The van der Waals surface area contributed by atoms with E-state index >= 15 is 0 Å². The Morgan fingerprint density at radius 3 is 0.286 bits per heavy atom. The molecule has 0 spiro atoms. The van der Waals surface area contributed by atoms with Crippen molar-refractivity contribution in [3.63, 3.8) is 0 Å². The van der Waals surface area contributed by atoms with Gasteiger partial charge in [0.1, 0.15) is 0 Å². The van der Waals surface area contributed by atoms with E-state index in [9.17, 15) is 0 Å². The van der Waals surface area contributed by atoms with Crippen LogP contribution in [-0.2, 0) is 19.5 Å². The summed E-state index contributed by atoms with van der Waals surface area (Å²) in [5.41, 5.74) is 0. The smallest absolute Gasteiger partial charge is 0 e. The Balaban J connectivity index is 0. The predicted molar refractivity (Wildman–Crippen MR) is 30.1 cm³/mol. The molecule has 0 aliphatic heterocycles. The molecule has 0 aromatic heterocycles. The largest absolute Gasteiger partial charge is 0.344 e. The van der Waals surface area contributed by atoms with E-state index in [1.54, 1.807) is 0 Å². The zero-order valence-corrected chi connectivity index (χ0v) is 6.33. The summed E-state index contributed by atoms with van der Waals surface area (Å²) < 4.78 is 0. The molecule has 7 heavy (non-hydrogen) atoms. The van der Waals surface area contributed by atoms with E-state index in [0.717, 1.165) is 0 Å². The van der Waals surface area contributed by atoms with E-state index in [1.807, 2.05) is 0 Å². The average molecular weight is 203 g/mol. The van der Waals surface area contributed by atoms with Crippen LogP contribution in [0.1, 0.15) is 0 Å². The minimum Gasteiger partial charge on any atom is -0.344 e. The Morgan fingerprint density at radius 1 is 0.286 bits per heavy atom. The minimum atomic E-state index is 0. The monoisotopic (exact) mass is 204 g/mol. The molecule has 0 amide bonds. The molecule has 0 saturated carbocycles. The van der Waals surface area contributed by atoms with Gasteiger partial charge < -0.3 is 36.9 Å². The molecule has 0 aromatic rings. The van der Waals surface area contributed by atoms with Crippen molar-refractivity contribution in [1.82, 2.24) is 36.9 Å². The standard InChI is InChI=1S/6H3N.Ru/h6*1H3;. The van der Waals surface area contributed by atoms with Crippen LogP contribution in [0.15, 0.2) is 0 Å². The molecule has 6 nitrogen and oxygen atoms in total.